The summed E-state index contributed by atoms with van der Waals surface area (Å²) in [6.45, 7) is 4.39. The molecule has 0 heterocycles. The van der Waals surface area contributed by atoms with Crippen molar-refractivity contribution in [2.75, 3.05) is 0 Å². The Labute approximate surface area is 119 Å². The van der Waals surface area contributed by atoms with E-state index in [0.717, 1.165) is 17.5 Å². The number of hydrogen-bond donors (Lipinski definition) is 2. The van der Waals surface area contributed by atoms with Gasteiger partial charge < -0.3 is 10.4 Å². The van der Waals surface area contributed by atoms with Gasteiger partial charge in [-0.1, -0.05) is 37.3 Å². The first-order valence-electron chi connectivity index (χ1n) is 6.76. The van der Waals surface area contributed by atoms with E-state index >= 15 is 0 Å². The van der Waals surface area contributed by atoms with E-state index in [0.29, 0.717) is 12.1 Å². The summed E-state index contributed by atoms with van der Waals surface area (Å²) in [7, 11) is 0. The molecular formula is C17H19NO2. The Hall–Kier alpha value is -2.29. The first-order chi connectivity index (χ1) is 9.61. The molecule has 0 fully saturated rings. The van der Waals surface area contributed by atoms with Crippen LogP contribution in [0.4, 0.5) is 0 Å². The van der Waals surface area contributed by atoms with Crippen LogP contribution in [-0.2, 0) is 13.0 Å². The van der Waals surface area contributed by atoms with Crippen LogP contribution in [-0.4, -0.2) is 11.0 Å². The fourth-order valence-corrected chi connectivity index (χ4v) is 2.10. The van der Waals surface area contributed by atoms with Crippen LogP contribution in [0.1, 0.15) is 34.0 Å². The largest absolute Gasteiger partial charge is 0.508 e. The van der Waals surface area contributed by atoms with E-state index in [4.69, 9.17) is 0 Å². The first kappa shape index (κ1) is 14.1. The summed E-state index contributed by atoms with van der Waals surface area (Å²) in [5, 5.41) is 12.5. The van der Waals surface area contributed by atoms with Crippen LogP contribution in [0, 0.1) is 6.92 Å². The van der Waals surface area contributed by atoms with E-state index < -0.39 is 0 Å². The van der Waals surface area contributed by atoms with E-state index in [1.165, 1.54) is 11.6 Å². The molecule has 20 heavy (non-hydrogen) atoms. The molecule has 2 N–H and O–H groups in total. The summed E-state index contributed by atoms with van der Waals surface area (Å²) in [6.07, 6.45) is 0.942. The quantitative estimate of drug-likeness (QED) is 0.895. The van der Waals surface area contributed by atoms with E-state index in [2.05, 4.69) is 18.3 Å². The molecule has 0 aromatic heterocycles. The Kier molecular flexibility index (Phi) is 4.41. The molecule has 0 aliphatic heterocycles. The average Bonchev–Trinajstić information content (AvgIpc) is 2.47. The van der Waals surface area contributed by atoms with Crippen molar-refractivity contribution in [1.29, 1.82) is 0 Å². The van der Waals surface area contributed by atoms with Crippen LogP contribution >= 0.6 is 0 Å². The summed E-state index contributed by atoms with van der Waals surface area (Å²) in [5.41, 5.74) is 3.60. The second-order valence-electron chi connectivity index (χ2n) is 4.81. The molecule has 0 spiro atoms. The number of hydrogen-bond acceptors (Lipinski definition) is 2. The predicted octanol–water partition coefficient (Wildman–Crippen LogP) is 3.19. The van der Waals surface area contributed by atoms with Gasteiger partial charge in [-0.25, -0.2) is 0 Å². The number of aryl methyl sites for hydroxylation is 2. The van der Waals surface area contributed by atoms with Gasteiger partial charge in [0.2, 0.25) is 0 Å². The third-order valence-electron chi connectivity index (χ3n) is 3.41. The van der Waals surface area contributed by atoms with Crippen molar-refractivity contribution in [3.05, 3.63) is 64.7 Å². The molecule has 0 atom stereocenters. The van der Waals surface area contributed by atoms with Gasteiger partial charge in [0.05, 0.1) is 0 Å². The Morgan fingerprint density at radius 3 is 2.50 bits per heavy atom. The highest BCUT2D eigenvalue weighted by Crippen LogP contribution is 2.17. The van der Waals surface area contributed by atoms with Crippen LogP contribution in [0.15, 0.2) is 42.5 Å². The zero-order valence-corrected chi connectivity index (χ0v) is 11.8. The van der Waals surface area contributed by atoms with Gasteiger partial charge in [0.25, 0.3) is 5.91 Å². The zero-order valence-electron chi connectivity index (χ0n) is 11.8. The number of phenolic OH excluding ortho intramolecular Hbond substituents is 1. The minimum absolute atomic E-state index is 0.145. The van der Waals surface area contributed by atoms with Crippen molar-refractivity contribution in [2.45, 2.75) is 26.8 Å². The first-order valence-corrected chi connectivity index (χ1v) is 6.76. The normalized spacial score (nSPS) is 10.3. The Bertz CT molecular complexity index is 620. The number of carbonyl (C=O) groups excluding carboxylic acids is 1. The van der Waals surface area contributed by atoms with Crippen molar-refractivity contribution in [2.24, 2.45) is 0 Å². The van der Waals surface area contributed by atoms with Gasteiger partial charge in [-0.05, 0) is 42.2 Å². The SMILES string of the molecule is CCc1ccccc1CNC(=O)c1ccc(C)c(O)c1. The maximum atomic E-state index is 12.1. The molecule has 2 aromatic rings. The maximum Gasteiger partial charge on any atom is 0.251 e. The van der Waals surface area contributed by atoms with Gasteiger partial charge in [-0.3, -0.25) is 4.79 Å². The number of aromatic hydroxyl groups is 1. The highest BCUT2D eigenvalue weighted by Gasteiger charge is 2.08. The summed E-state index contributed by atoms with van der Waals surface area (Å²) < 4.78 is 0. The lowest BCUT2D eigenvalue weighted by atomic mass is 10.1. The zero-order chi connectivity index (χ0) is 14.5. The van der Waals surface area contributed by atoms with Crippen LogP contribution in [0.5, 0.6) is 5.75 Å². The molecule has 0 saturated heterocycles. The molecule has 2 aromatic carbocycles. The Balaban J connectivity index is 2.06. The highest BCUT2D eigenvalue weighted by molar-refractivity contribution is 5.94. The molecule has 104 valence electrons. The maximum absolute atomic E-state index is 12.1. The molecule has 0 radical (unpaired) electrons. The fourth-order valence-electron chi connectivity index (χ4n) is 2.10. The van der Waals surface area contributed by atoms with Crippen molar-refractivity contribution < 1.29 is 9.90 Å². The lowest BCUT2D eigenvalue weighted by Crippen LogP contribution is -2.23. The van der Waals surface area contributed by atoms with Gasteiger partial charge in [0, 0.05) is 12.1 Å². The smallest absolute Gasteiger partial charge is 0.251 e. The van der Waals surface area contributed by atoms with Crippen LogP contribution in [0.25, 0.3) is 0 Å². The summed E-state index contributed by atoms with van der Waals surface area (Å²) in [4.78, 5) is 12.1. The van der Waals surface area contributed by atoms with Crippen molar-refractivity contribution in [1.82, 2.24) is 5.32 Å². The van der Waals surface area contributed by atoms with Crippen molar-refractivity contribution in [3.8, 4) is 5.75 Å². The van der Waals surface area contributed by atoms with E-state index in [1.807, 2.05) is 18.2 Å². The lowest BCUT2D eigenvalue weighted by Gasteiger charge is -2.10. The molecule has 0 unspecified atom stereocenters. The summed E-state index contributed by atoms with van der Waals surface area (Å²) in [6, 6.07) is 13.0. The van der Waals surface area contributed by atoms with E-state index in [1.54, 1.807) is 19.1 Å². The number of rotatable bonds is 4. The standard InChI is InChI=1S/C17H19NO2/c1-3-13-6-4-5-7-15(13)11-18-17(20)14-9-8-12(2)16(19)10-14/h4-10,19H,3,11H2,1-2H3,(H,18,20). The number of amides is 1. The minimum Gasteiger partial charge on any atom is -0.508 e. The molecule has 3 nitrogen and oxygen atoms in total. The number of benzene rings is 2. The average molecular weight is 269 g/mol. The van der Waals surface area contributed by atoms with Gasteiger partial charge in [-0.2, -0.15) is 0 Å². The molecule has 0 aliphatic rings. The Morgan fingerprint density at radius 1 is 1.15 bits per heavy atom. The number of nitrogens with one attached hydrogen (secondary N) is 1. The van der Waals surface area contributed by atoms with Gasteiger partial charge in [0.1, 0.15) is 5.75 Å². The second kappa shape index (κ2) is 6.24. The van der Waals surface area contributed by atoms with Crippen molar-refractivity contribution >= 4 is 5.91 Å². The molecule has 1 amide bonds. The van der Waals surface area contributed by atoms with Crippen LogP contribution in [0.2, 0.25) is 0 Å². The number of carbonyl (C=O) groups is 1. The summed E-state index contributed by atoms with van der Waals surface area (Å²) in [5.74, 6) is -0.0298. The predicted molar refractivity (Wildman–Crippen MR) is 79.8 cm³/mol. The van der Waals surface area contributed by atoms with Crippen molar-refractivity contribution in [3.63, 3.8) is 0 Å². The number of phenols is 1. The van der Waals surface area contributed by atoms with E-state index in [-0.39, 0.29) is 11.7 Å². The van der Waals surface area contributed by atoms with E-state index in [9.17, 15) is 9.90 Å². The molecule has 3 heteroatoms. The van der Waals surface area contributed by atoms with Crippen LogP contribution < -0.4 is 5.32 Å². The fraction of sp³-hybridized carbons (Fsp3) is 0.235. The minimum atomic E-state index is -0.175. The summed E-state index contributed by atoms with van der Waals surface area (Å²) >= 11 is 0. The monoisotopic (exact) mass is 269 g/mol. The van der Waals surface area contributed by atoms with Crippen LogP contribution in [0.3, 0.4) is 0 Å². The molecule has 0 bridgehead atoms. The third-order valence-corrected chi connectivity index (χ3v) is 3.41. The topological polar surface area (TPSA) is 49.3 Å². The molecule has 2 rings (SSSR count). The molecular weight excluding hydrogens is 250 g/mol. The Morgan fingerprint density at radius 2 is 1.85 bits per heavy atom. The second-order valence-corrected chi connectivity index (χ2v) is 4.81. The lowest BCUT2D eigenvalue weighted by molar-refractivity contribution is 0.0950. The molecule has 0 saturated carbocycles. The highest BCUT2D eigenvalue weighted by atomic mass is 16.3. The van der Waals surface area contributed by atoms with Gasteiger partial charge in [-0.15, -0.1) is 0 Å². The van der Waals surface area contributed by atoms with Gasteiger partial charge in [0.15, 0.2) is 0 Å². The molecule has 0 aliphatic carbocycles. The third kappa shape index (κ3) is 3.18. The van der Waals surface area contributed by atoms with Gasteiger partial charge >= 0.3 is 0 Å².